The molecule has 0 aliphatic rings. The van der Waals surface area contributed by atoms with Crippen molar-refractivity contribution in [2.45, 2.75) is 13.2 Å². The number of hydrogen-bond donors (Lipinski definition) is 2. The molecule has 0 radical (unpaired) electrons. The second-order valence-electron chi connectivity index (χ2n) is 5.64. The molecule has 0 fully saturated rings. The van der Waals surface area contributed by atoms with Crippen molar-refractivity contribution in [2.24, 2.45) is 0 Å². The van der Waals surface area contributed by atoms with Gasteiger partial charge in [0, 0.05) is 24.4 Å². The molecule has 2 heterocycles. The fraction of sp³-hybridized carbons (Fsp3) is 0.150. The van der Waals surface area contributed by atoms with Crippen LogP contribution >= 0.6 is 0 Å². The quantitative estimate of drug-likeness (QED) is 0.671. The molecule has 2 N–H and O–H groups in total. The summed E-state index contributed by atoms with van der Waals surface area (Å²) in [6, 6.07) is 16.5. The van der Waals surface area contributed by atoms with Gasteiger partial charge in [-0.15, -0.1) is 0 Å². The lowest BCUT2D eigenvalue weighted by Crippen LogP contribution is -2.28. The van der Waals surface area contributed by atoms with Gasteiger partial charge in [-0.1, -0.05) is 36.4 Å². The lowest BCUT2D eigenvalue weighted by molar-refractivity contribution is 0.251. The van der Waals surface area contributed by atoms with E-state index in [0.717, 1.165) is 11.1 Å². The first kappa shape index (κ1) is 18.2. The fourth-order valence-corrected chi connectivity index (χ4v) is 2.34. The Morgan fingerprint density at radius 1 is 1.04 bits per heavy atom. The Bertz CT molecular complexity index is 870. The summed E-state index contributed by atoms with van der Waals surface area (Å²) in [5, 5.41) is 5.50. The van der Waals surface area contributed by atoms with E-state index in [1.165, 1.54) is 13.3 Å². The number of carbonyl (C=O) groups is 1. The first-order valence-electron chi connectivity index (χ1n) is 8.40. The molecule has 2 aromatic heterocycles. The van der Waals surface area contributed by atoms with Gasteiger partial charge in [-0.25, -0.2) is 14.8 Å². The molecule has 0 aliphatic heterocycles. The number of rotatable bonds is 7. The molecule has 7 nitrogen and oxygen atoms in total. The zero-order chi connectivity index (χ0) is 18.9. The molecule has 0 bridgehead atoms. The highest BCUT2D eigenvalue weighted by molar-refractivity contribution is 5.89. The fourth-order valence-electron chi connectivity index (χ4n) is 2.34. The van der Waals surface area contributed by atoms with Crippen LogP contribution in [0.4, 0.5) is 10.5 Å². The summed E-state index contributed by atoms with van der Waals surface area (Å²) in [6.45, 7) is 0.696. The largest absolute Gasteiger partial charge is 0.481 e. The number of ether oxygens (including phenoxy) is 2. The van der Waals surface area contributed by atoms with Crippen molar-refractivity contribution in [3.05, 3.63) is 78.1 Å². The third-order valence-electron chi connectivity index (χ3n) is 3.71. The van der Waals surface area contributed by atoms with Crippen LogP contribution in [0, 0.1) is 0 Å². The monoisotopic (exact) mass is 364 g/mol. The minimum Gasteiger partial charge on any atom is -0.481 e. The van der Waals surface area contributed by atoms with Crippen LogP contribution in [-0.4, -0.2) is 23.1 Å². The summed E-state index contributed by atoms with van der Waals surface area (Å²) in [7, 11) is 1.54. The maximum atomic E-state index is 12.1. The van der Waals surface area contributed by atoms with E-state index in [4.69, 9.17) is 9.47 Å². The average molecular weight is 364 g/mol. The lowest BCUT2D eigenvalue weighted by Gasteiger charge is -2.12. The highest BCUT2D eigenvalue weighted by Gasteiger charge is 2.08. The molecule has 27 heavy (non-hydrogen) atoms. The van der Waals surface area contributed by atoms with Gasteiger partial charge in [0.2, 0.25) is 11.8 Å². The Morgan fingerprint density at radius 3 is 2.63 bits per heavy atom. The van der Waals surface area contributed by atoms with Gasteiger partial charge in [-0.2, -0.15) is 0 Å². The topological polar surface area (TPSA) is 85.4 Å². The van der Waals surface area contributed by atoms with E-state index in [1.54, 1.807) is 24.4 Å². The van der Waals surface area contributed by atoms with Gasteiger partial charge in [0.05, 0.1) is 19.0 Å². The second kappa shape index (κ2) is 9.19. The first-order valence-corrected chi connectivity index (χ1v) is 8.40. The standard InChI is InChI=1S/C20H20N4O3/c1-26-18-10-9-17(13-22-18)24-20(25)23-12-16-8-5-11-21-19(16)27-14-15-6-3-2-4-7-15/h2-11,13H,12,14H2,1H3,(H2,23,24,25). The number of anilines is 1. The van der Waals surface area contributed by atoms with Crippen molar-refractivity contribution < 1.29 is 14.3 Å². The molecule has 0 saturated carbocycles. The van der Waals surface area contributed by atoms with Crippen LogP contribution < -0.4 is 20.1 Å². The van der Waals surface area contributed by atoms with E-state index in [-0.39, 0.29) is 12.6 Å². The number of urea groups is 1. The summed E-state index contributed by atoms with van der Waals surface area (Å²) in [4.78, 5) is 20.4. The Balaban J connectivity index is 1.54. The maximum absolute atomic E-state index is 12.1. The zero-order valence-electron chi connectivity index (χ0n) is 14.9. The van der Waals surface area contributed by atoms with Crippen LogP contribution in [0.2, 0.25) is 0 Å². The van der Waals surface area contributed by atoms with Gasteiger partial charge >= 0.3 is 6.03 Å². The molecular weight excluding hydrogens is 344 g/mol. The van der Waals surface area contributed by atoms with Crippen LogP contribution in [0.3, 0.4) is 0 Å². The summed E-state index contributed by atoms with van der Waals surface area (Å²) in [5.74, 6) is 0.976. The number of nitrogens with one attached hydrogen (secondary N) is 2. The molecule has 1 aromatic carbocycles. The molecular formula is C20H20N4O3. The molecule has 7 heteroatoms. The van der Waals surface area contributed by atoms with Crippen LogP contribution in [0.25, 0.3) is 0 Å². The van der Waals surface area contributed by atoms with E-state index >= 15 is 0 Å². The summed E-state index contributed by atoms with van der Waals surface area (Å²) >= 11 is 0. The minimum absolute atomic E-state index is 0.285. The Morgan fingerprint density at radius 2 is 1.89 bits per heavy atom. The molecule has 0 spiro atoms. The Hall–Kier alpha value is -3.61. The van der Waals surface area contributed by atoms with Gasteiger partial charge in [0.1, 0.15) is 6.61 Å². The number of carbonyl (C=O) groups excluding carboxylic acids is 1. The van der Waals surface area contributed by atoms with Gasteiger partial charge in [0.15, 0.2) is 0 Å². The molecule has 0 atom stereocenters. The first-order chi connectivity index (χ1) is 13.2. The van der Waals surface area contributed by atoms with Gasteiger partial charge in [-0.05, 0) is 17.7 Å². The second-order valence-corrected chi connectivity index (χ2v) is 5.64. The molecule has 3 rings (SSSR count). The highest BCUT2D eigenvalue weighted by atomic mass is 16.5. The van der Waals surface area contributed by atoms with Crippen molar-refractivity contribution in [3.8, 4) is 11.8 Å². The third-order valence-corrected chi connectivity index (χ3v) is 3.71. The Kier molecular flexibility index (Phi) is 6.19. The average Bonchev–Trinajstić information content (AvgIpc) is 2.72. The Labute approximate surface area is 157 Å². The van der Waals surface area contributed by atoms with Crippen LogP contribution in [-0.2, 0) is 13.2 Å². The van der Waals surface area contributed by atoms with Crippen LogP contribution in [0.1, 0.15) is 11.1 Å². The smallest absolute Gasteiger partial charge is 0.319 e. The maximum Gasteiger partial charge on any atom is 0.319 e. The van der Waals surface area contributed by atoms with E-state index < -0.39 is 0 Å². The normalized spacial score (nSPS) is 10.1. The molecule has 3 aromatic rings. The number of methoxy groups -OCH3 is 1. The van der Waals surface area contributed by atoms with E-state index in [9.17, 15) is 4.79 Å². The van der Waals surface area contributed by atoms with E-state index in [2.05, 4.69) is 20.6 Å². The predicted octanol–water partition coefficient (Wildman–Crippen LogP) is 3.39. The predicted molar refractivity (Wildman–Crippen MR) is 102 cm³/mol. The minimum atomic E-state index is -0.347. The van der Waals surface area contributed by atoms with Gasteiger partial charge < -0.3 is 20.1 Å². The third kappa shape index (κ3) is 5.43. The summed E-state index contributed by atoms with van der Waals surface area (Å²) in [6.07, 6.45) is 3.18. The molecule has 0 saturated heterocycles. The molecule has 0 aliphatic carbocycles. The molecule has 138 valence electrons. The van der Waals surface area contributed by atoms with Gasteiger partial charge in [-0.3, -0.25) is 0 Å². The number of hydrogen-bond acceptors (Lipinski definition) is 5. The molecule has 0 unspecified atom stereocenters. The summed E-state index contributed by atoms with van der Waals surface area (Å²) in [5.41, 5.74) is 2.41. The number of nitrogens with zero attached hydrogens (tertiary/aromatic N) is 2. The zero-order valence-corrected chi connectivity index (χ0v) is 14.9. The van der Waals surface area contributed by atoms with Gasteiger partial charge in [0.25, 0.3) is 0 Å². The van der Waals surface area contributed by atoms with Crippen molar-refractivity contribution in [3.63, 3.8) is 0 Å². The van der Waals surface area contributed by atoms with Crippen LogP contribution in [0.5, 0.6) is 11.8 Å². The number of aromatic nitrogens is 2. The van der Waals surface area contributed by atoms with Crippen LogP contribution in [0.15, 0.2) is 67.0 Å². The molecule has 2 amide bonds. The lowest BCUT2D eigenvalue weighted by atomic mass is 10.2. The highest BCUT2D eigenvalue weighted by Crippen LogP contribution is 2.16. The SMILES string of the molecule is COc1ccc(NC(=O)NCc2cccnc2OCc2ccccc2)cn1. The van der Waals surface area contributed by atoms with Crippen molar-refractivity contribution in [2.75, 3.05) is 12.4 Å². The van der Waals surface area contributed by atoms with E-state index in [1.807, 2.05) is 36.4 Å². The summed E-state index contributed by atoms with van der Waals surface area (Å²) < 4.78 is 10.8. The number of pyridine rings is 2. The number of amides is 2. The van der Waals surface area contributed by atoms with Crippen molar-refractivity contribution >= 4 is 11.7 Å². The van der Waals surface area contributed by atoms with Crippen molar-refractivity contribution in [1.29, 1.82) is 0 Å². The van der Waals surface area contributed by atoms with E-state index in [0.29, 0.717) is 24.1 Å². The number of benzene rings is 1. The van der Waals surface area contributed by atoms with Crippen molar-refractivity contribution in [1.82, 2.24) is 15.3 Å².